The molecule has 0 radical (unpaired) electrons. The first-order valence-corrected chi connectivity index (χ1v) is 7.95. The third-order valence-electron chi connectivity index (χ3n) is 3.65. The van der Waals surface area contributed by atoms with E-state index in [4.69, 9.17) is 4.74 Å². The summed E-state index contributed by atoms with van der Waals surface area (Å²) < 4.78 is 5.57. The minimum absolute atomic E-state index is 0.0750. The second kappa shape index (κ2) is 7.38. The van der Waals surface area contributed by atoms with Crippen LogP contribution in [0.3, 0.4) is 0 Å². The van der Waals surface area contributed by atoms with Gasteiger partial charge in [-0.25, -0.2) is 4.98 Å². The van der Waals surface area contributed by atoms with Crippen LogP contribution in [-0.4, -0.2) is 27.5 Å². The molecule has 7 heteroatoms. The van der Waals surface area contributed by atoms with Crippen molar-refractivity contribution in [2.45, 2.75) is 58.9 Å². The van der Waals surface area contributed by atoms with Crippen molar-refractivity contribution in [3.05, 3.63) is 15.9 Å². The van der Waals surface area contributed by atoms with Crippen LogP contribution in [0.4, 0.5) is 11.5 Å². The van der Waals surface area contributed by atoms with Crippen LogP contribution in [0, 0.1) is 16.0 Å². The molecular weight excluding hydrogens is 284 g/mol. The maximum absolute atomic E-state index is 11.5. The highest BCUT2D eigenvalue weighted by molar-refractivity contribution is 5.62. The van der Waals surface area contributed by atoms with Crippen molar-refractivity contribution in [3.63, 3.8) is 0 Å². The quantitative estimate of drug-likeness (QED) is 0.613. The van der Waals surface area contributed by atoms with Crippen LogP contribution in [0.5, 0.6) is 5.88 Å². The van der Waals surface area contributed by atoms with E-state index in [1.54, 1.807) is 0 Å². The van der Waals surface area contributed by atoms with Gasteiger partial charge in [-0.05, 0) is 18.8 Å². The fraction of sp³-hybridized carbons (Fsp3) is 0.733. The number of nitrogens with one attached hydrogen (secondary N) is 1. The lowest BCUT2D eigenvalue weighted by molar-refractivity contribution is -0.385. The van der Waals surface area contributed by atoms with Gasteiger partial charge in [0.25, 0.3) is 5.88 Å². The van der Waals surface area contributed by atoms with Crippen molar-refractivity contribution < 1.29 is 9.66 Å². The third kappa shape index (κ3) is 4.05. The summed E-state index contributed by atoms with van der Waals surface area (Å²) in [6.07, 6.45) is 4.94. The predicted octanol–water partition coefficient (Wildman–Crippen LogP) is 3.34. The summed E-state index contributed by atoms with van der Waals surface area (Å²) >= 11 is 0. The number of hydrogen-bond donors (Lipinski definition) is 1. The number of hydrogen-bond acceptors (Lipinski definition) is 6. The molecule has 0 spiro atoms. The second-order valence-electron chi connectivity index (χ2n) is 6.08. The van der Waals surface area contributed by atoms with Crippen molar-refractivity contribution in [3.8, 4) is 5.88 Å². The number of aromatic nitrogens is 2. The van der Waals surface area contributed by atoms with Gasteiger partial charge >= 0.3 is 5.69 Å². The van der Waals surface area contributed by atoms with Gasteiger partial charge in [0.1, 0.15) is 5.82 Å². The van der Waals surface area contributed by atoms with Crippen molar-refractivity contribution in [1.82, 2.24) is 9.97 Å². The van der Waals surface area contributed by atoms with Crippen LogP contribution in [0.1, 0.15) is 52.3 Å². The summed E-state index contributed by atoms with van der Waals surface area (Å²) in [7, 11) is 0. The average molecular weight is 308 g/mol. The predicted molar refractivity (Wildman–Crippen MR) is 84.3 cm³/mol. The lowest BCUT2D eigenvalue weighted by atomic mass is 10.2. The fourth-order valence-corrected chi connectivity index (χ4v) is 2.51. The number of ether oxygens (including phenoxy) is 1. The molecule has 22 heavy (non-hydrogen) atoms. The van der Waals surface area contributed by atoms with E-state index in [-0.39, 0.29) is 23.5 Å². The SMILES string of the molecule is CCc1nc(NC2CCCC2)c([N+](=O)[O-])c(OCC(C)C)n1. The van der Waals surface area contributed by atoms with Gasteiger partial charge in [-0.1, -0.05) is 33.6 Å². The zero-order chi connectivity index (χ0) is 16.1. The number of nitro groups is 1. The van der Waals surface area contributed by atoms with E-state index in [1.807, 2.05) is 20.8 Å². The molecule has 0 aromatic carbocycles. The van der Waals surface area contributed by atoms with Crippen LogP contribution in [0.2, 0.25) is 0 Å². The van der Waals surface area contributed by atoms with Gasteiger partial charge in [-0.2, -0.15) is 4.98 Å². The minimum Gasteiger partial charge on any atom is -0.472 e. The molecule has 1 aromatic rings. The van der Waals surface area contributed by atoms with E-state index in [9.17, 15) is 10.1 Å². The Labute approximate surface area is 130 Å². The largest absolute Gasteiger partial charge is 0.472 e. The average Bonchev–Trinajstić information content (AvgIpc) is 2.97. The molecule has 0 aliphatic heterocycles. The molecule has 7 nitrogen and oxygen atoms in total. The maximum atomic E-state index is 11.5. The molecule has 1 saturated carbocycles. The van der Waals surface area contributed by atoms with Crippen LogP contribution in [0.25, 0.3) is 0 Å². The molecule has 1 heterocycles. The summed E-state index contributed by atoms with van der Waals surface area (Å²) in [5.74, 6) is 1.20. The molecule has 1 N–H and O–H groups in total. The van der Waals surface area contributed by atoms with Gasteiger partial charge in [0.15, 0.2) is 0 Å². The highest BCUT2D eigenvalue weighted by atomic mass is 16.6. The van der Waals surface area contributed by atoms with E-state index in [2.05, 4.69) is 15.3 Å². The number of aryl methyl sites for hydroxylation is 1. The normalized spacial score (nSPS) is 15.3. The van der Waals surface area contributed by atoms with Gasteiger partial charge in [0.05, 0.1) is 11.5 Å². The van der Waals surface area contributed by atoms with E-state index in [1.165, 1.54) is 0 Å². The Balaban J connectivity index is 2.34. The molecule has 0 unspecified atom stereocenters. The van der Waals surface area contributed by atoms with E-state index < -0.39 is 4.92 Å². The van der Waals surface area contributed by atoms with Crippen molar-refractivity contribution in [2.24, 2.45) is 5.92 Å². The first-order chi connectivity index (χ1) is 10.5. The Bertz CT molecular complexity index is 528. The Morgan fingerprint density at radius 3 is 2.59 bits per heavy atom. The summed E-state index contributed by atoms with van der Waals surface area (Å²) in [5.41, 5.74) is -0.148. The van der Waals surface area contributed by atoms with Crippen LogP contribution < -0.4 is 10.1 Å². The molecule has 0 bridgehead atoms. The van der Waals surface area contributed by atoms with Crippen molar-refractivity contribution >= 4 is 11.5 Å². The zero-order valence-electron chi connectivity index (χ0n) is 13.5. The lowest BCUT2D eigenvalue weighted by Crippen LogP contribution is -2.19. The molecule has 0 amide bonds. The molecule has 122 valence electrons. The number of anilines is 1. The monoisotopic (exact) mass is 308 g/mol. The highest BCUT2D eigenvalue weighted by Crippen LogP contribution is 2.34. The van der Waals surface area contributed by atoms with Gasteiger partial charge in [-0.15, -0.1) is 0 Å². The Morgan fingerprint density at radius 1 is 1.36 bits per heavy atom. The topological polar surface area (TPSA) is 90.2 Å². The minimum atomic E-state index is -0.452. The van der Waals surface area contributed by atoms with Gasteiger partial charge in [0.2, 0.25) is 5.82 Å². The van der Waals surface area contributed by atoms with Crippen LogP contribution in [-0.2, 0) is 6.42 Å². The van der Waals surface area contributed by atoms with Gasteiger partial charge in [0, 0.05) is 12.5 Å². The summed E-state index contributed by atoms with van der Waals surface area (Å²) in [4.78, 5) is 19.5. The van der Waals surface area contributed by atoms with E-state index >= 15 is 0 Å². The Kier molecular flexibility index (Phi) is 5.51. The molecule has 1 aliphatic rings. The summed E-state index contributed by atoms with van der Waals surface area (Å²) in [6.45, 7) is 6.30. The van der Waals surface area contributed by atoms with E-state index in [0.717, 1.165) is 25.7 Å². The fourth-order valence-electron chi connectivity index (χ4n) is 2.51. The van der Waals surface area contributed by atoms with Crippen LogP contribution >= 0.6 is 0 Å². The Hall–Kier alpha value is -1.92. The van der Waals surface area contributed by atoms with Gasteiger partial charge < -0.3 is 10.1 Å². The molecule has 1 fully saturated rings. The van der Waals surface area contributed by atoms with Crippen molar-refractivity contribution in [1.29, 1.82) is 0 Å². The highest BCUT2D eigenvalue weighted by Gasteiger charge is 2.28. The summed E-state index contributed by atoms with van der Waals surface area (Å²) in [5, 5.41) is 14.7. The number of nitrogens with zero attached hydrogens (tertiary/aromatic N) is 3. The molecule has 2 rings (SSSR count). The van der Waals surface area contributed by atoms with Crippen molar-refractivity contribution in [2.75, 3.05) is 11.9 Å². The Morgan fingerprint density at radius 2 is 2.05 bits per heavy atom. The molecule has 0 saturated heterocycles. The molecule has 1 aliphatic carbocycles. The van der Waals surface area contributed by atoms with Crippen LogP contribution in [0.15, 0.2) is 0 Å². The number of rotatable bonds is 7. The maximum Gasteiger partial charge on any atom is 0.372 e. The first kappa shape index (κ1) is 16.5. The smallest absolute Gasteiger partial charge is 0.372 e. The summed E-state index contributed by atoms with van der Waals surface area (Å²) in [6, 6.07) is 0.247. The standard InChI is InChI=1S/C15H24N4O3/c1-4-12-17-14(16-11-7-5-6-8-11)13(19(20)21)15(18-12)22-9-10(2)3/h10-11H,4-9H2,1-3H3,(H,16,17,18). The first-order valence-electron chi connectivity index (χ1n) is 7.95. The molecular formula is C15H24N4O3. The lowest BCUT2D eigenvalue weighted by Gasteiger charge is -2.15. The molecule has 1 aromatic heterocycles. The zero-order valence-corrected chi connectivity index (χ0v) is 13.5. The van der Waals surface area contributed by atoms with Gasteiger partial charge in [-0.3, -0.25) is 10.1 Å². The second-order valence-corrected chi connectivity index (χ2v) is 6.08. The van der Waals surface area contributed by atoms with E-state index in [0.29, 0.717) is 24.7 Å². The molecule has 0 atom stereocenters. The third-order valence-corrected chi connectivity index (χ3v) is 3.65.